The number of benzene rings is 1. The van der Waals surface area contributed by atoms with Crippen LogP contribution in [0, 0.1) is 0 Å². The number of hydrogen-bond acceptors (Lipinski definition) is 8. The number of hydrogen-bond donors (Lipinski definition) is 4. The van der Waals surface area contributed by atoms with E-state index in [1.807, 2.05) is 12.1 Å². The third-order valence-electron chi connectivity index (χ3n) is 3.74. The van der Waals surface area contributed by atoms with Crippen LogP contribution in [0.2, 0.25) is 0 Å². The van der Waals surface area contributed by atoms with Gasteiger partial charge in [-0.1, -0.05) is 12.1 Å². The summed E-state index contributed by atoms with van der Waals surface area (Å²) in [5, 5.41) is 15.7. The average molecular weight is 348 g/mol. The first-order chi connectivity index (χ1) is 12.8. The van der Waals surface area contributed by atoms with Gasteiger partial charge in [0, 0.05) is 18.9 Å². The minimum absolute atomic E-state index is 0.264. The number of aromatic hydroxyl groups is 1. The van der Waals surface area contributed by atoms with Gasteiger partial charge in [-0.2, -0.15) is 4.98 Å². The largest absolute Gasteiger partial charge is 0.508 e. The summed E-state index contributed by atoms with van der Waals surface area (Å²) in [7, 11) is 0. The van der Waals surface area contributed by atoms with Crippen LogP contribution in [0.3, 0.4) is 0 Å². The predicted octanol–water partition coefficient (Wildman–Crippen LogP) is 2.25. The number of phenolic OH excluding ortho intramolecular Hbond substituents is 1. The highest BCUT2D eigenvalue weighted by atomic mass is 16.3. The normalized spacial score (nSPS) is 10.8. The molecule has 4 aromatic rings. The average Bonchev–Trinajstić information content (AvgIpc) is 3.07. The SMILES string of the molecule is Oc1ccc(CCNc2ncnc3nc(Nc4cnccn4)[nH]c23)cc1. The molecule has 3 aromatic heterocycles. The zero-order valence-electron chi connectivity index (χ0n) is 13.7. The van der Waals surface area contributed by atoms with Gasteiger partial charge in [-0.15, -0.1) is 0 Å². The second-order valence-electron chi connectivity index (χ2n) is 5.57. The van der Waals surface area contributed by atoms with Crippen molar-refractivity contribution >= 4 is 28.7 Å². The van der Waals surface area contributed by atoms with Gasteiger partial charge in [-0.25, -0.2) is 15.0 Å². The number of phenols is 1. The zero-order chi connectivity index (χ0) is 17.8. The van der Waals surface area contributed by atoms with Crippen molar-refractivity contribution in [3.63, 3.8) is 0 Å². The molecule has 3 heterocycles. The van der Waals surface area contributed by atoms with Crippen LogP contribution >= 0.6 is 0 Å². The number of aromatic amines is 1. The van der Waals surface area contributed by atoms with Crippen LogP contribution in [0.5, 0.6) is 5.75 Å². The van der Waals surface area contributed by atoms with Crippen molar-refractivity contribution < 1.29 is 5.11 Å². The smallest absolute Gasteiger partial charge is 0.208 e. The number of anilines is 3. The van der Waals surface area contributed by atoms with Gasteiger partial charge in [-0.05, 0) is 24.1 Å². The minimum atomic E-state index is 0.264. The lowest BCUT2D eigenvalue weighted by atomic mass is 10.1. The van der Waals surface area contributed by atoms with Gasteiger partial charge in [0.1, 0.15) is 17.6 Å². The maximum absolute atomic E-state index is 9.33. The second-order valence-corrected chi connectivity index (χ2v) is 5.57. The Morgan fingerprint density at radius 1 is 1.04 bits per heavy atom. The molecule has 4 N–H and O–H groups in total. The summed E-state index contributed by atoms with van der Waals surface area (Å²) in [4.78, 5) is 24.2. The molecule has 130 valence electrons. The van der Waals surface area contributed by atoms with Crippen molar-refractivity contribution in [2.75, 3.05) is 17.2 Å². The Bertz CT molecular complexity index is 1000. The van der Waals surface area contributed by atoms with Crippen molar-refractivity contribution in [2.45, 2.75) is 6.42 Å². The molecule has 0 atom stereocenters. The molecule has 4 rings (SSSR count). The summed E-state index contributed by atoms with van der Waals surface area (Å²) in [6.07, 6.45) is 7.07. The van der Waals surface area contributed by atoms with Gasteiger partial charge in [0.05, 0.1) is 6.20 Å². The van der Waals surface area contributed by atoms with Crippen LogP contribution in [0.4, 0.5) is 17.6 Å². The summed E-state index contributed by atoms with van der Waals surface area (Å²) < 4.78 is 0. The van der Waals surface area contributed by atoms with Crippen LogP contribution in [0.1, 0.15) is 5.56 Å². The van der Waals surface area contributed by atoms with E-state index in [9.17, 15) is 5.11 Å². The van der Waals surface area contributed by atoms with Crippen molar-refractivity contribution in [3.8, 4) is 5.75 Å². The van der Waals surface area contributed by atoms with E-state index in [1.54, 1.807) is 30.7 Å². The highest BCUT2D eigenvalue weighted by molar-refractivity contribution is 5.84. The minimum Gasteiger partial charge on any atom is -0.508 e. The fourth-order valence-electron chi connectivity index (χ4n) is 2.49. The molecule has 0 unspecified atom stereocenters. The number of rotatable bonds is 6. The summed E-state index contributed by atoms with van der Waals surface area (Å²) in [6, 6.07) is 7.15. The molecular formula is C17H16N8O. The fourth-order valence-corrected chi connectivity index (χ4v) is 2.49. The molecule has 0 saturated carbocycles. The van der Waals surface area contributed by atoms with E-state index < -0.39 is 0 Å². The number of fused-ring (bicyclic) bond motifs is 1. The quantitative estimate of drug-likeness (QED) is 0.418. The highest BCUT2D eigenvalue weighted by Crippen LogP contribution is 2.20. The van der Waals surface area contributed by atoms with E-state index in [-0.39, 0.29) is 5.75 Å². The Kier molecular flexibility index (Phi) is 4.25. The molecule has 9 heteroatoms. The zero-order valence-corrected chi connectivity index (χ0v) is 13.7. The Morgan fingerprint density at radius 2 is 1.92 bits per heavy atom. The van der Waals surface area contributed by atoms with Gasteiger partial charge >= 0.3 is 0 Å². The maximum Gasteiger partial charge on any atom is 0.208 e. The van der Waals surface area contributed by atoms with E-state index >= 15 is 0 Å². The van der Waals surface area contributed by atoms with Gasteiger partial charge in [-0.3, -0.25) is 4.98 Å². The Morgan fingerprint density at radius 3 is 2.73 bits per heavy atom. The summed E-state index contributed by atoms with van der Waals surface area (Å²) in [5.74, 6) is 2.04. The molecule has 0 aliphatic rings. The lowest BCUT2D eigenvalue weighted by molar-refractivity contribution is 0.475. The molecule has 0 radical (unpaired) electrons. The third-order valence-corrected chi connectivity index (χ3v) is 3.74. The first kappa shape index (κ1) is 15.8. The van der Waals surface area contributed by atoms with Gasteiger partial charge < -0.3 is 20.7 Å². The van der Waals surface area contributed by atoms with E-state index in [0.29, 0.717) is 35.3 Å². The van der Waals surface area contributed by atoms with Gasteiger partial charge in [0.25, 0.3) is 0 Å². The topological polar surface area (TPSA) is 125 Å². The molecule has 0 bridgehead atoms. The Balaban J connectivity index is 1.47. The van der Waals surface area contributed by atoms with Crippen molar-refractivity contribution in [2.24, 2.45) is 0 Å². The summed E-state index contributed by atoms with van der Waals surface area (Å²) >= 11 is 0. The van der Waals surface area contributed by atoms with E-state index in [1.165, 1.54) is 6.33 Å². The molecule has 26 heavy (non-hydrogen) atoms. The monoisotopic (exact) mass is 348 g/mol. The molecule has 0 amide bonds. The maximum atomic E-state index is 9.33. The number of nitrogens with one attached hydrogen (secondary N) is 3. The Labute approximate surface area is 148 Å². The van der Waals surface area contributed by atoms with Crippen molar-refractivity contribution in [1.82, 2.24) is 29.9 Å². The van der Waals surface area contributed by atoms with Crippen LogP contribution in [0.25, 0.3) is 11.2 Å². The molecule has 1 aromatic carbocycles. The first-order valence-corrected chi connectivity index (χ1v) is 8.03. The summed E-state index contributed by atoms with van der Waals surface area (Å²) in [6.45, 7) is 0.683. The lowest BCUT2D eigenvalue weighted by Gasteiger charge is -2.06. The standard InChI is InChI=1S/C17H16N8O/c26-12-3-1-11(2-4-12)5-6-20-15-14-16(22-10-21-15)25-17(24-14)23-13-9-18-7-8-19-13/h1-4,7-10,26H,5-6H2,(H3,19,20,21,22,23,24,25). The van der Waals surface area contributed by atoms with Gasteiger partial charge in [0.2, 0.25) is 5.95 Å². The second kappa shape index (κ2) is 7.01. The highest BCUT2D eigenvalue weighted by Gasteiger charge is 2.10. The van der Waals surface area contributed by atoms with E-state index in [4.69, 9.17) is 0 Å². The van der Waals surface area contributed by atoms with Crippen molar-refractivity contribution in [3.05, 3.63) is 54.7 Å². The Hall–Kier alpha value is -3.75. The summed E-state index contributed by atoms with van der Waals surface area (Å²) in [5.41, 5.74) is 2.39. The predicted molar refractivity (Wildman–Crippen MR) is 97.3 cm³/mol. The molecular weight excluding hydrogens is 332 g/mol. The molecule has 0 fully saturated rings. The fraction of sp³-hybridized carbons (Fsp3) is 0.118. The van der Waals surface area contributed by atoms with Gasteiger partial charge in [0.15, 0.2) is 17.3 Å². The molecule has 0 aliphatic heterocycles. The molecule has 9 nitrogen and oxygen atoms in total. The van der Waals surface area contributed by atoms with Crippen molar-refractivity contribution in [1.29, 1.82) is 0 Å². The van der Waals surface area contributed by atoms with E-state index in [0.717, 1.165) is 12.0 Å². The molecule has 0 saturated heterocycles. The third kappa shape index (κ3) is 3.51. The van der Waals surface area contributed by atoms with Crippen LogP contribution in [-0.4, -0.2) is 41.6 Å². The number of aromatic nitrogens is 6. The number of imidazole rings is 1. The number of H-pyrrole nitrogens is 1. The van der Waals surface area contributed by atoms with Crippen LogP contribution < -0.4 is 10.6 Å². The lowest BCUT2D eigenvalue weighted by Crippen LogP contribution is -2.07. The van der Waals surface area contributed by atoms with Crippen LogP contribution in [-0.2, 0) is 6.42 Å². The van der Waals surface area contributed by atoms with Crippen LogP contribution in [0.15, 0.2) is 49.2 Å². The van der Waals surface area contributed by atoms with E-state index in [2.05, 4.69) is 40.5 Å². The molecule has 0 spiro atoms. The number of nitrogens with zero attached hydrogens (tertiary/aromatic N) is 5. The molecule has 0 aliphatic carbocycles. The first-order valence-electron chi connectivity index (χ1n) is 8.03.